The summed E-state index contributed by atoms with van der Waals surface area (Å²) in [5.41, 5.74) is 8.59. The molecule has 0 spiro atoms. The highest BCUT2D eigenvalue weighted by molar-refractivity contribution is 5.51. The molecule has 2 aromatic rings. The lowest BCUT2D eigenvalue weighted by molar-refractivity contribution is 0.169. The first-order valence-corrected chi connectivity index (χ1v) is 6.57. The summed E-state index contributed by atoms with van der Waals surface area (Å²) < 4.78 is 24.6. The van der Waals surface area contributed by atoms with Crippen LogP contribution in [0.3, 0.4) is 0 Å². The Hall–Kier alpha value is -2.07. The third kappa shape index (κ3) is 2.23. The molecule has 2 N–H and O–H groups in total. The van der Waals surface area contributed by atoms with Crippen LogP contribution in [0.25, 0.3) is 0 Å². The maximum absolute atomic E-state index is 13.4. The van der Waals surface area contributed by atoms with E-state index < -0.39 is 0 Å². The van der Waals surface area contributed by atoms with Crippen molar-refractivity contribution in [2.24, 2.45) is 5.73 Å². The van der Waals surface area contributed by atoms with E-state index in [-0.39, 0.29) is 11.9 Å². The molecule has 104 valence electrons. The molecular formula is C16H16FNO2. The van der Waals surface area contributed by atoms with Crippen LogP contribution in [0.1, 0.15) is 22.7 Å². The van der Waals surface area contributed by atoms with Crippen molar-refractivity contribution in [3.05, 3.63) is 58.9 Å². The smallest absolute Gasteiger partial charge is 0.166 e. The first-order valence-electron chi connectivity index (χ1n) is 6.57. The van der Waals surface area contributed by atoms with Crippen LogP contribution in [0.2, 0.25) is 0 Å². The highest BCUT2D eigenvalue weighted by Crippen LogP contribution is 2.38. The molecule has 0 amide bonds. The van der Waals surface area contributed by atoms with Gasteiger partial charge in [-0.2, -0.15) is 0 Å². The summed E-state index contributed by atoms with van der Waals surface area (Å²) in [6.45, 7) is 2.78. The number of halogens is 1. The Morgan fingerprint density at radius 1 is 1.15 bits per heavy atom. The standard InChI is InChI=1S/C16H16FNO2/c1-10-9-11(5-6-13(10)17)15(18)12-3-2-4-14-16(12)20-8-7-19-14/h2-6,9,15H,7-8,18H2,1H3. The maximum Gasteiger partial charge on any atom is 0.166 e. The van der Waals surface area contributed by atoms with Gasteiger partial charge in [0.2, 0.25) is 0 Å². The Kier molecular flexibility index (Phi) is 3.32. The van der Waals surface area contributed by atoms with Crippen molar-refractivity contribution in [2.45, 2.75) is 13.0 Å². The van der Waals surface area contributed by atoms with Gasteiger partial charge in [0.25, 0.3) is 0 Å². The zero-order valence-corrected chi connectivity index (χ0v) is 11.2. The Balaban J connectivity index is 2.02. The van der Waals surface area contributed by atoms with Gasteiger partial charge in [0, 0.05) is 5.56 Å². The summed E-state index contributed by atoms with van der Waals surface area (Å²) >= 11 is 0. The van der Waals surface area contributed by atoms with Gasteiger partial charge in [0.05, 0.1) is 6.04 Å². The minimum atomic E-state index is -0.369. The molecular weight excluding hydrogens is 257 g/mol. The highest BCUT2D eigenvalue weighted by Gasteiger charge is 2.21. The number of benzene rings is 2. The molecule has 4 heteroatoms. The molecule has 0 aromatic heterocycles. The summed E-state index contributed by atoms with van der Waals surface area (Å²) in [7, 11) is 0. The molecule has 3 rings (SSSR count). The third-order valence-corrected chi connectivity index (χ3v) is 3.47. The van der Waals surface area contributed by atoms with Gasteiger partial charge in [-0.05, 0) is 30.2 Å². The number of rotatable bonds is 2. The molecule has 0 aliphatic carbocycles. The average Bonchev–Trinajstić information content (AvgIpc) is 2.49. The number of nitrogens with two attached hydrogens (primary N) is 1. The van der Waals surface area contributed by atoms with E-state index in [2.05, 4.69) is 0 Å². The van der Waals surface area contributed by atoms with Crippen LogP contribution in [0, 0.1) is 12.7 Å². The van der Waals surface area contributed by atoms with Crippen molar-refractivity contribution >= 4 is 0 Å². The quantitative estimate of drug-likeness (QED) is 0.915. The summed E-state index contributed by atoms with van der Waals surface area (Å²) in [6.07, 6.45) is 0. The van der Waals surface area contributed by atoms with E-state index in [4.69, 9.17) is 15.2 Å². The summed E-state index contributed by atoms with van der Waals surface area (Å²) in [6, 6.07) is 10.2. The Bertz CT molecular complexity index is 642. The highest BCUT2D eigenvalue weighted by atomic mass is 19.1. The second-order valence-corrected chi connectivity index (χ2v) is 4.86. The number of aryl methyl sites for hydroxylation is 1. The lowest BCUT2D eigenvalue weighted by Crippen LogP contribution is -2.20. The maximum atomic E-state index is 13.4. The lowest BCUT2D eigenvalue weighted by atomic mass is 9.97. The topological polar surface area (TPSA) is 44.5 Å². The van der Waals surface area contributed by atoms with Gasteiger partial charge >= 0.3 is 0 Å². The second-order valence-electron chi connectivity index (χ2n) is 4.86. The molecule has 0 radical (unpaired) electrons. The van der Waals surface area contributed by atoms with Crippen LogP contribution in [0.4, 0.5) is 4.39 Å². The fraction of sp³-hybridized carbons (Fsp3) is 0.250. The van der Waals surface area contributed by atoms with E-state index in [0.717, 1.165) is 11.1 Å². The van der Waals surface area contributed by atoms with Crippen molar-refractivity contribution in [3.8, 4) is 11.5 Å². The van der Waals surface area contributed by atoms with Crippen LogP contribution in [-0.2, 0) is 0 Å². The van der Waals surface area contributed by atoms with E-state index in [0.29, 0.717) is 30.3 Å². The predicted octanol–water partition coefficient (Wildman–Crippen LogP) is 2.95. The van der Waals surface area contributed by atoms with Gasteiger partial charge in [-0.25, -0.2) is 4.39 Å². The van der Waals surface area contributed by atoms with Crippen molar-refractivity contribution in [1.82, 2.24) is 0 Å². The summed E-state index contributed by atoms with van der Waals surface area (Å²) in [5, 5.41) is 0. The molecule has 0 saturated carbocycles. The fourth-order valence-corrected chi connectivity index (χ4v) is 2.38. The Morgan fingerprint density at radius 2 is 1.95 bits per heavy atom. The van der Waals surface area contributed by atoms with Gasteiger partial charge in [0.1, 0.15) is 19.0 Å². The first kappa shape index (κ1) is 12.9. The van der Waals surface area contributed by atoms with Crippen molar-refractivity contribution in [1.29, 1.82) is 0 Å². The third-order valence-electron chi connectivity index (χ3n) is 3.47. The SMILES string of the molecule is Cc1cc(C(N)c2cccc3c2OCCO3)ccc1F. The normalized spacial score (nSPS) is 14.9. The molecule has 0 saturated heterocycles. The Labute approximate surface area is 117 Å². The average molecular weight is 273 g/mol. The van der Waals surface area contributed by atoms with Gasteiger partial charge in [-0.3, -0.25) is 0 Å². The molecule has 1 atom stereocenters. The monoisotopic (exact) mass is 273 g/mol. The minimum absolute atomic E-state index is 0.226. The van der Waals surface area contributed by atoms with E-state index in [9.17, 15) is 4.39 Å². The van der Waals surface area contributed by atoms with E-state index in [1.165, 1.54) is 6.07 Å². The van der Waals surface area contributed by atoms with E-state index in [1.807, 2.05) is 18.2 Å². The van der Waals surface area contributed by atoms with Crippen molar-refractivity contribution < 1.29 is 13.9 Å². The predicted molar refractivity (Wildman–Crippen MR) is 74.6 cm³/mol. The van der Waals surface area contributed by atoms with Gasteiger partial charge in [-0.15, -0.1) is 0 Å². The van der Waals surface area contributed by atoms with Crippen LogP contribution >= 0.6 is 0 Å². The van der Waals surface area contributed by atoms with Gasteiger partial charge < -0.3 is 15.2 Å². The fourth-order valence-electron chi connectivity index (χ4n) is 2.38. The van der Waals surface area contributed by atoms with E-state index >= 15 is 0 Å². The van der Waals surface area contributed by atoms with Crippen LogP contribution < -0.4 is 15.2 Å². The second kappa shape index (κ2) is 5.13. The number of fused-ring (bicyclic) bond motifs is 1. The zero-order chi connectivity index (χ0) is 14.1. The molecule has 1 unspecified atom stereocenters. The van der Waals surface area contributed by atoms with Crippen LogP contribution in [0.5, 0.6) is 11.5 Å². The van der Waals surface area contributed by atoms with Crippen molar-refractivity contribution in [3.63, 3.8) is 0 Å². The van der Waals surface area contributed by atoms with Gasteiger partial charge in [0.15, 0.2) is 11.5 Å². The molecule has 0 fully saturated rings. The Morgan fingerprint density at radius 3 is 2.75 bits per heavy atom. The van der Waals surface area contributed by atoms with Crippen LogP contribution in [-0.4, -0.2) is 13.2 Å². The van der Waals surface area contributed by atoms with E-state index in [1.54, 1.807) is 19.1 Å². The lowest BCUT2D eigenvalue weighted by Gasteiger charge is -2.23. The zero-order valence-electron chi connectivity index (χ0n) is 11.2. The van der Waals surface area contributed by atoms with Crippen LogP contribution in [0.15, 0.2) is 36.4 Å². The largest absolute Gasteiger partial charge is 0.486 e. The van der Waals surface area contributed by atoms with Crippen molar-refractivity contribution in [2.75, 3.05) is 13.2 Å². The summed E-state index contributed by atoms with van der Waals surface area (Å²) in [5.74, 6) is 1.17. The number of hydrogen-bond acceptors (Lipinski definition) is 3. The molecule has 1 aliphatic heterocycles. The molecule has 2 aromatic carbocycles. The molecule has 1 heterocycles. The summed E-state index contributed by atoms with van der Waals surface area (Å²) in [4.78, 5) is 0. The number of hydrogen-bond donors (Lipinski definition) is 1. The minimum Gasteiger partial charge on any atom is -0.486 e. The molecule has 20 heavy (non-hydrogen) atoms. The van der Waals surface area contributed by atoms with Gasteiger partial charge in [-0.1, -0.05) is 24.3 Å². The first-order chi connectivity index (χ1) is 9.66. The molecule has 1 aliphatic rings. The number of ether oxygens (including phenoxy) is 2. The number of para-hydroxylation sites is 1. The molecule has 0 bridgehead atoms. The molecule has 3 nitrogen and oxygen atoms in total.